The molecule has 0 aromatic heterocycles. The van der Waals surface area contributed by atoms with E-state index in [1.807, 2.05) is 37.3 Å². The van der Waals surface area contributed by atoms with E-state index in [2.05, 4.69) is 10.6 Å². The SMILES string of the molecule is CCOc1cccc(NC2=C(c3ccccc3)C(=O)N(c3ccc(NC(C)=O)cc3)C2=O)c1. The molecule has 2 N–H and O–H groups in total. The van der Waals surface area contributed by atoms with Gasteiger partial charge in [0, 0.05) is 24.4 Å². The Morgan fingerprint density at radius 2 is 1.61 bits per heavy atom. The number of ether oxygens (including phenoxy) is 1. The van der Waals surface area contributed by atoms with Gasteiger partial charge in [0.1, 0.15) is 11.4 Å². The molecule has 1 aliphatic heterocycles. The summed E-state index contributed by atoms with van der Waals surface area (Å²) in [6.07, 6.45) is 0. The summed E-state index contributed by atoms with van der Waals surface area (Å²) in [4.78, 5) is 39.3. The summed E-state index contributed by atoms with van der Waals surface area (Å²) in [5, 5.41) is 5.81. The molecule has 0 atom stereocenters. The van der Waals surface area contributed by atoms with Crippen molar-refractivity contribution in [2.75, 3.05) is 22.1 Å². The Hall–Kier alpha value is -4.39. The van der Waals surface area contributed by atoms with Crippen LogP contribution in [0.1, 0.15) is 19.4 Å². The smallest absolute Gasteiger partial charge is 0.282 e. The van der Waals surface area contributed by atoms with E-state index < -0.39 is 11.8 Å². The van der Waals surface area contributed by atoms with Gasteiger partial charge in [0.05, 0.1) is 17.9 Å². The number of imide groups is 1. The van der Waals surface area contributed by atoms with Crippen LogP contribution in [0.3, 0.4) is 0 Å². The van der Waals surface area contributed by atoms with Crippen molar-refractivity contribution in [3.8, 4) is 5.75 Å². The molecule has 7 heteroatoms. The highest BCUT2D eigenvalue weighted by Crippen LogP contribution is 2.34. The maximum Gasteiger partial charge on any atom is 0.282 e. The minimum Gasteiger partial charge on any atom is -0.494 e. The number of nitrogens with zero attached hydrogens (tertiary/aromatic N) is 1. The van der Waals surface area contributed by atoms with E-state index in [9.17, 15) is 14.4 Å². The van der Waals surface area contributed by atoms with E-state index in [1.54, 1.807) is 48.5 Å². The summed E-state index contributed by atoms with van der Waals surface area (Å²) in [6, 6.07) is 22.9. The largest absolute Gasteiger partial charge is 0.494 e. The van der Waals surface area contributed by atoms with Crippen molar-refractivity contribution in [2.45, 2.75) is 13.8 Å². The molecule has 33 heavy (non-hydrogen) atoms. The van der Waals surface area contributed by atoms with Crippen molar-refractivity contribution < 1.29 is 19.1 Å². The van der Waals surface area contributed by atoms with Crippen molar-refractivity contribution in [1.29, 1.82) is 0 Å². The predicted molar refractivity (Wildman–Crippen MR) is 128 cm³/mol. The van der Waals surface area contributed by atoms with Gasteiger partial charge in [-0.2, -0.15) is 0 Å². The molecular formula is C26H23N3O4. The highest BCUT2D eigenvalue weighted by atomic mass is 16.5. The maximum atomic E-state index is 13.5. The standard InChI is InChI=1S/C26H23N3O4/c1-3-33-22-11-7-10-20(16-22)28-24-23(18-8-5-4-6-9-18)25(31)29(26(24)32)21-14-12-19(13-15-21)27-17(2)30/h4-16,28H,3H2,1-2H3,(H,27,30). The van der Waals surface area contributed by atoms with Gasteiger partial charge in [0.2, 0.25) is 5.91 Å². The van der Waals surface area contributed by atoms with Gasteiger partial charge >= 0.3 is 0 Å². The van der Waals surface area contributed by atoms with Gasteiger partial charge in [-0.05, 0) is 48.9 Å². The van der Waals surface area contributed by atoms with E-state index in [0.717, 1.165) is 4.90 Å². The van der Waals surface area contributed by atoms with E-state index in [1.165, 1.54) is 6.92 Å². The van der Waals surface area contributed by atoms with Crippen LogP contribution in [0.25, 0.3) is 5.57 Å². The first kappa shape index (κ1) is 21.8. The second-order valence-electron chi connectivity index (χ2n) is 7.38. The van der Waals surface area contributed by atoms with Gasteiger partial charge < -0.3 is 15.4 Å². The average Bonchev–Trinajstić information content (AvgIpc) is 3.04. The Labute approximate surface area is 191 Å². The van der Waals surface area contributed by atoms with Crippen molar-refractivity contribution in [3.05, 3.63) is 90.1 Å². The molecule has 0 unspecified atom stereocenters. The second kappa shape index (κ2) is 9.40. The molecule has 3 amide bonds. The first-order chi connectivity index (χ1) is 16.0. The maximum absolute atomic E-state index is 13.5. The molecule has 0 saturated carbocycles. The van der Waals surface area contributed by atoms with Gasteiger partial charge in [-0.15, -0.1) is 0 Å². The molecule has 3 aromatic carbocycles. The highest BCUT2D eigenvalue weighted by Gasteiger charge is 2.40. The van der Waals surface area contributed by atoms with Gasteiger partial charge in [-0.1, -0.05) is 36.4 Å². The van der Waals surface area contributed by atoms with Crippen LogP contribution in [0.4, 0.5) is 17.1 Å². The Morgan fingerprint density at radius 1 is 0.879 bits per heavy atom. The van der Waals surface area contributed by atoms with Gasteiger partial charge in [0.15, 0.2) is 0 Å². The minimum absolute atomic E-state index is 0.186. The van der Waals surface area contributed by atoms with Crippen LogP contribution >= 0.6 is 0 Å². The van der Waals surface area contributed by atoms with Crippen molar-refractivity contribution >= 4 is 40.4 Å². The first-order valence-corrected chi connectivity index (χ1v) is 10.5. The lowest BCUT2D eigenvalue weighted by molar-refractivity contribution is -0.120. The monoisotopic (exact) mass is 441 g/mol. The lowest BCUT2D eigenvalue weighted by atomic mass is 10.0. The van der Waals surface area contributed by atoms with Gasteiger partial charge in [0.25, 0.3) is 11.8 Å². The molecule has 0 aliphatic carbocycles. The topological polar surface area (TPSA) is 87.7 Å². The summed E-state index contributed by atoms with van der Waals surface area (Å²) in [5.74, 6) is -0.439. The number of hydrogen-bond donors (Lipinski definition) is 2. The zero-order valence-corrected chi connectivity index (χ0v) is 18.3. The van der Waals surface area contributed by atoms with Crippen LogP contribution < -0.4 is 20.3 Å². The lowest BCUT2D eigenvalue weighted by Gasteiger charge is -2.16. The molecule has 1 aliphatic rings. The number of nitrogens with one attached hydrogen (secondary N) is 2. The molecule has 0 bridgehead atoms. The summed E-state index contributed by atoms with van der Waals surface area (Å²) in [5.41, 5.74) is 2.73. The number of benzene rings is 3. The zero-order valence-electron chi connectivity index (χ0n) is 18.3. The Balaban J connectivity index is 1.72. The van der Waals surface area contributed by atoms with Crippen LogP contribution in [0.2, 0.25) is 0 Å². The van der Waals surface area contributed by atoms with Crippen LogP contribution in [-0.4, -0.2) is 24.3 Å². The third-order valence-corrected chi connectivity index (χ3v) is 5.01. The normalized spacial score (nSPS) is 13.3. The molecule has 0 fully saturated rings. The van der Waals surface area contributed by atoms with E-state index in [4.69, 9.17) is 4.74 Å². The number of anilines is 3. The van der Waals surface area contributed by atoms with Gasteiger partial charge in [-0.25, -0.2) is 4.90 Å². The van der Waals surface area contributed by atoms with Crippen molar-refractivity contribution in [3.63, 3.8) is 0 Å². The Bertz CT molecular complexity index is 1230. The van der Waals surface area contributed by atoms with E-state index in [0.29, 0.717) is 35.0 Å². The molecule has 166 valence electrons. The van der Waals surface area contributed by atoms with Crippen LogP contribution in [-0.2, 0) is 14.4 Å². The quantitative estimate of drug-likeness (QED) is 0.529. The van der Waals surface area contributed by atoms with Gasteiger partial charge in [-0.3, -0.25) is 14.4 Å². The van der Waals surface area contributed by atoms with E-state index >= 15 is 0 Å². The Morgan fingerprint density at radius 3 is 2.27 bits per heavy atom. The molecule has 3 aromatic rings. The van der Waals surface area contributed by atoms with Crippen LogP contribution in [0, 0.1) is 0 Å². The molecule has 1 heterocycles. The molecule has 7 nitrogen and oxygen atoms in total. The lowest BCUT2D eigenvalue weighted by Crippen LogP contribution is -2.32. The van der Waals surface area contributed by atoms with Crippen molar-refractivity contribution in [1.82, 2.24) is 0 Å². The van der Waals surface area contributed by atoms with Crippen LogP contribution in [0.15, 0.2) is 84.6 Å². The second-order valence-corrected chi connectivity index (χ2v) is 7.38. The molecule has 0 saturated heterocycles. The Kier molecular flexibility index (Phi) is 6.22. The summed E-state index contributed by atoms with van der Waals surface area (Å²) in [7, 11) is 0. The summed E-state index contributed by atoms with van der Waals surface area (Å²) >= 11 is 0. The number of carbonyl (C=O) groups is 3. The fourth-order valence-corrected chi connectivity index (χ4v) is 3.62. The average molecular weight is 441 g/mol. The number of rotatable bonds is 7. The fourth-order valence-electron chi connectivity index (χ4n) is 3.62. The molecule has 4 rings (SSSR count). The first-order valence-electron chi connectivity index (χ1n) is 10.5. The minimum atomic E-state index is -0.465. The van der Waals surface area contributed by atoms with E-state index in [-0.39, 0.29) is 17.2 Å². The summed E-state index contributed by atoms with van der Waals surface area (Å²) < 4.78 is 5.55. The predicted octanol–water partition coefficient (Wildman–Crippen LogP) is 4.44. The number of carbonyl (C=O) groups excluding carboxylic acids is 3. The zero-order chi connectivity index (χ0) is 23.4. The number of hydrogen-bond acceptors (Lipinski definition) is 5. The number of amides is 3. The summed E-state index contributed by atoms with van der Waals surface area (Å²) in [6.45, 7) is 3.82. The van der Waals surface area contributed by atoms with Crippen molar-refractivity contribution in [2.24, 2.45) is 0 Å². The highest BCUT2D eigenvalue weighted by molar-refractivity contribution is 6.46. The molecular weight excluding hydrogens is 418 g/mol. The third kappa shape index (κ3) is 4.62. The molecule has 0 spiro atoms. The fraction of sp³-hybridized carbons (Fsp3) is 0.115. The third-order valence-electron chi connectivity index (χ3n) is 5.01. The van der Waals surface area contributed by atoms with Crippen LogP contribution in [0.5, 0.6) is 5.75 Å². The molecule has 0 radical (unpaired) electrons.